The van der Waals surface area contributed by atoms with E-state index in [-0.39, 0.29) is 6.10 Å². The zero-order chi connectivity index (χ0) is 13.1. The highest BCUT2D eigenvalue weighted by Gasteiger charge is 2.06. The number of hydrogen-bond acceptors (Lipinski definition) is 3. The molecule has 0 spiro atoms. The minimum Gasteiger partial charge on any atom is -0.491 e. The van der Waals surface area contributed by atoms with Gasteiger partial charge in [-0.1, -0.05) is 0 Å². The van der Waals surface area contributed by atoms with Crippen LogP contribution in [0, 0.1) is 6.92 Å². The van der Waals surface area contributed by atoms with Crippen molar-refractivity contribution in [2.45, 2.75) is 33.8 Å². The van der Waals surface area contributed by atoms with E-state index in [0.717, 1.165) is 22.2 Å². The largest absolute Gasteiger partial charge is 0.491 e. The molecule has 0 N–H and O–H groups in total. The number of fused-ring (bicyclic) bond motifs is 1. The normalized spacial score (nSPS) is 10.9. The number of hydrogen-bond donors (Lipinski definition) is 0. The third-order valence-electron chi connectivity index (χ3n) is 2.63. The van der Waals surface area contributed by atoms with Crippen molar-refractivity contribution >= 4 is 10.9 Å². The van der Waals surface area contributed by atoms with E-state index in [0.29, 0.717) is 12.5 Å². The zero-order valence-electron chi connectivity index (χ0n) is 11.4. The molecule has 2 aromatic rings. The Morgan fingerprint density at radius 3 is 2.67 bits per heavy atom. The average Bonchev–Trinajstić information content (AvgIpc) is 2.30. The maximum absolute atomic E-state index is 5.70. The first-order valence-electron chi connectivity index (χ1n) is 6.31. The molecule has 2 rings (SSSR count). The van der Waals surface area contributed by atoms with Crippen molar-refractivity contribution in [3.63, 3.8) is 0 Å². The molecule has 0 radical (unpaired) electrons. The van der Waals surface area contributed by atoms with E-state index in [1.54, 1.807) is 0 Å². The molecule has 0 fully saturated rings. The van der Waals surface area contributed by atoms with E-state index in [1.165, 1.54) is 0 Å². The number of pyridine rings is 1. The lowest BCUT2D eigenvalue weighted by Crippen LogP contribution is -2.05. The predicted octanol–water partition coefficient (Wildman–Crippen LogP) is 3.73. The summed E-state index contributed by atoms with van der Waals surface area (Å²) >= 11 is 0. The van der Waals surface area contributed by atoms with Crippen LogP contribution in [-0.2, 0) is 0 Å². The minimum absolute atomic E-state index is 0.179. The predicted molar refractivity (Wildman–Crippen MR) is 73.4 cm³/mol. The molecule has 0 amide bonds. The van der Waals surface area contributed by atoms with Crippen molar-refractivity contribution in [2.75, 3.05) is 6.61 Å². The molecular formula is C15H19NO2. The molecule has 0 aliphatic heterocycles. The second-order valence-electron chi connectivity index (χ2n) is 4.56. The van der Waals surface area contributed by atoms with Crippen molar-refractivity contribution in [2.24, 2.45) is 0 Å². The Morgan fingerprint density at radius 1 is 1.22 bits per heavy atom. The van der Waals surface area contributed by atoms with Gasteiger partial charge in [-0.3, -0.25) is 0 Å². The van der Waals surface area contributed by atoms with Crippen molar-refractivity contribution in [1.82, 2.24) is 4.98 Å². The van der Waals surface area contributed by atoms with E-state index >= 15 is 0 Å². The maximum Gasteiger partial charge on any atom is 0.214 e. The minimum atomic E-state index is 0.179. The van der Waals surface area contributed by atoms with Gasteiger partial charge in [0.1, 0.15) is 5.75 Å². The van der Waals surface area contributed by atoms with Crippen LogP contribution in [0.3, 0.4) is 0 Å². The summed E-state index contributed by atoms with van der Waals surface area (Å²) in [5.41, 5.74) is 2.09. The molecule has 0 unspecified atom stereocenters. The fourth-order valence-electron chi connectivity index (χ4n) is 1.91. The highest BCUT2D eigenvalue weighted by atomic mass is 16.5. The lowest BCUT2D eigenvalue weighted by atomic mass is 10.1. The van der Waals surface area contributed by atoms with Crippen LogP contribution in [0.15, 0.2) is 24.3 Å². The van der Waals surface area contributed by atoms with Gasteiger partial charge in [0.15, 0.2) is 0 Å². The van der Waals surface area contributed by atoms with Gasteiger partial charge in [-0.05, 0) is 51.5 Å². The molecule has 3 nitrogen and oxygen atoms in total. The number of aryl methyl sites for hydroxylation is 1. The molecule has 1 aromatic carbocycles. The van der Waals surface area contributed by atoms with Crippen LogP contribution in [0.1, 0.15) is 26.3 Å². The summed E-state index contributed by atoms with van der Waals surface area (Å²) in [6.45, 7) is 8.69. The van der Waals surface area contributed by atoms with Crippen molar-refractivity contribution in [3.05, 3.63) is 29.8 Å². The first kappa shape index (κ1) is 12.7. The first-order chi connectivity index (χ1) is 8.60. The Balaban J connectivity index is 2.44. The number of aromatic nitrogens is 1. The standard InChI is InChI=1S/C15H19NO2/c1-5-17-15-8-11(4)13-9-12(18-10(2)3)6-7-14(13)16-15/h6-10H,5H2,1-4H3. The topological polar surface area (TPSA) is 31.4 Å². The van der Waals surface area contributed by atoms with Crippen LogP contribution in [0.4, 0.5) is 0 Å². The Hall–Kier alpha value is -1.77. The van der Waals surface area contributed by atoms with Crippen LogP contribution < -0.4 is 9.47 Å². The van der Waals surface area contributed by atoms with Gasteiger partial charge in [-0.2, -0.15) is 0 Å². The second-order valence-corrected chi connectivity index (χ2v) is 4.56. The molecule has 1 aromatic heterocycles. The Labute approximate surface area is 108 Å². The monoisotopic (exact) mass is 245 g/mol. The van der Waals surface area contributed by atoms with Gasteiger partial charge >= 0.3 is 0 Å². The third kappa shape index (κ3) is 2.73. The van der Waals surface area contributed by atoms with E-state index in [2.05, 4.69) is 11.9 Å². The third-order valence-corrected chi connectivity index (χ3v) is 2.63. The van der Waals surface area contributed by atoms with E-state index in [1.807, 2.05) is 45.0 Å². The van der Waals surface area contributed by atoms with Gasteiger partial charge in [-0.25, -0.2) is 4.98 Å². The molecular weight excluding hydrogens is 226 g/mol. The Kier molecular flexibility index (Phi) is 3.70. The molecule has 0 aliphatic carbocycles. The number of benzene rings is 1. The fourth-order valence-corrected chi connectivity index (χ4v) is 1.91. The van der Waals surface area contributed by atoms with Gasteiger partial charge in [0, 0.05) is 11.5 Å². The molecule has 3 heteroatoms. The zero-order valence-corrected chi connectivity index (χ0v) is 11.4. The number of nitrogens with zero attached hydrogens (tertiary/aromatic N) is 1. The van der Waals surface area contributed by atoms with Gasteiger partial charge in [0.25, 0.3) is 0 Å². The van der Waals surface area contributed by atoms with E-state index in [4.69, 9.17) is 9.47 Å². The van der Waals surface area contributed by atoms with Crippen molar-refractivity contribution in [1.29, 1.82) is 0 Å². The summed E-state index contributed by atoms with van der Waals surface area (Å²) in [6.07, 6.45) is 0.179. The van der Waals surface area contributed by atoms with Crippen LogP contribution >= 0.6 is 0 Å². The SMILES string of the molecule is CCOc1cc(C)c2cc(OC(C)C)ccc2n1. The second kappa shape index (κ2) is 5.25. The summed E-state index contributed by atoms with van der Waals surface area (Å²) in [5.74, 6) is 1.56. The van der Waals surface area contributed by atoms with Crippen LogP contribution in [0.5, 0.6) is 11.6 Å². The van der Waals surface area contributed by atoms with E-state index in [9.17, 15) is 0 Å². The van der Waals surface area contributed by atoms with Gasteiger partial charge in [0.05, 0.1) is 18.2 Å². The fraction of sp³-hybridized carbons (Fsp3) is 0.400. The number of ether oxygens (including phenoxy) is 2. The smallest absolute Gasteiger partial charge is 0.214 e. The summed E-state index contributed by atoms with van der Waals surface area (Å²) in [7, 11) is 0. The molecule has 0 aliphatic rings. The van der Waals surface area contributed by atoms with Gasteiger partial charge < -0.3 is 9.47 Å². The van der Waals surface area contributed by atoms with Crippen LogP contribution in [-0.4, -0.2) is 17.7 Å². The molecule has 0 bridgehead atoms. The van der Waals surface area contributed by atoms with Crippen molar-refractivity contribution in [3.8, 4) is 11.6 Å². The molecule has 0 saturated carbocycles. The highest BCUT2D eigenvalue weighted by molar-refractivity contribution is 5.84. The molecule has 1 heterocycles. The van der Waals surface area contributed by atoms with E-state index < -0.39 is 0 Å². The van der Waals surface area contributed by atoms with Crippen LogP contribution in [0.2, 0.25) is 0 Å². The Morgan fingerprint density at radius 2 is 2.00 bits per heavy atom. The van der Waals surface area contributed by atoms with Gasteiger partial charge in [-0.15, -0.1) is 0 Å². The lowest BCUT2D eigenvalue weighted by molar-refractivity contribution is 0.242. The average molecular weight is 245 g/mol. The summed E-state index contributed by atoms with van der Waals surface area (Å²) < 4.78 is 11.1. The van der Waals surface area contributed by atoms with Crippen molar-refractivity contribution < 1.29 is 9.47 Å². The first-order valence-corrected chi connectivity index (χ1v) is 6.31. The molecule has 0 saturated heterocycles. The highest BCUT2D eigenvalue weighted by Crippen LogP contribution is 2.26. The summed E-state index contributed by atoms with van der Waals surface area (Å²) in [6, 6.07) is 7.92. The molecule has 0 atom stereocenters. The molecule has 18 heavy (non-hydrogen) atoms. The van der Waals surface area contributed by atoms with Crippen LogP contribution in [0.25, 0.3) is 10.9 Å². The van der Waals surface area contributed by atoms with Gasteiger partial charge in [0.2, 0.25) is 5.88 Å². The lowest BCUT2D eigenvalue weighted by Gasteiger charge is -2.12. The summed E-state index contributed by atoms with van der Waals surface area (Å²) in [5, 5.41) is 1.11. The quantitative estimate of drug-likeness (QED) is 0.822. The molecule has 96 valence electrons. The maximum atomic E-state index is 5.70. The number of rotatable bonds is 4. The summed E-state index contributed by atoms with van der Waals surface area (Å²) in [4.78, 5) is 4.47. The Bertz CT molecular complexity index is 549.